The van der Waals surface area contributed by atoms with Gasteiger partial charge in [-0.3, -0.25) is 0 Å². The molecule has 40 heavy (non-hydrogen) atoms. The van der Waals surface area contributed by atoms with Crippen LogP contribution in [0.5, 0.6) is 0 Å². The Hall–Kier alpha value is -3.50. The average Bonchev–Trinajstić information content (AvgIpc) is 3.58. The fraction of sp³-hybridized carbons (Fsp3) is 0.135. The summed E-state index contributed by atoms with van der Waals surface area (Å²) in [6.07, 6.45) is 0. The topological polar surface area (TPSA) is 0 Å². The molecule has 0 saturated heterocycles. The van der Waals surface area contributed by atoms with Gasteiger partial charge >= 0.3 is 0 Å². The average molecular weight is 569 g/mol. The van der Waals surface area contributed by atoms with Crippen molar-refractivity contribution in [3.8, 4) is 0 Å². The molecule has 0 atom stereocenters. The Morgan fingerprint density at radius 3 is 1.30 bits per heavy atom. The lowest BCUT2D eigenvalue weighted by molar-refractivity contribution is 1.40. The number of hydrogen-bond donors (Lipinski definition) is 0. The summed E-state index contributed by atoms with van der Waals surface area (Å²) in [5, 5.41) is 6.03. The molecule has 0 amide bonds. The maximum absolute atomic E-state index is 2.65. The minimum Gasteiger partial charge on any atom is -0.140 e. The third-order valence-corrected chi connectivity index (χ3v) is 15.5. The van der Waals surface area contributed by atoms with E-state index in [2.05, 4.69) is 137 Å². The first-order chi connectivity index (χ1) is 19.5. The quantitative estimate of drug-likeness (QED) is 0.181. The van der Waals surface area contributed by atoms with Crippen molar-refractivity contribution >= 4 is 72.5 Å². The Labute approximate surface area is 246 Å². The molecule has 3 heterocycles. The number of aryl methyl sites for hydroxylation is 2. The summed E-state index contributed by atoms with van der Waals surface area (Å²) in [5.41, 5.74) is 8.50. The maximum Gasteiger partial charge on any atom is 0.118 e. The van der Waals surface area contributed by atoms with Crippen molar-refractivity contribution < 1.29 is 0 Å². The number of thiophene rings is 2. The first kappa shape index (κ1) is 25.5. The number of hydrogen-bond acceptors (Lipinski definition) is 2. The molecule has 0 N–H and O–H groups in total. The monoisotopic (exact) mass is 568 g/mol. The van der Waals surface area contributed by atoms with E-state index in [0.717, 1.165) is 6.04 Å². The van der Waals surface area contributed by atoms with E-state index < -0.39 is 8.07 Å². The van der Waals surface area contributed by atoms with E-state index >= 15 is 0 Å². The van der Waals surface area contributed by atoms with Gasteiger partial charge in [-0.2, -0.15) is 0 Å². The lowest BCUT2D eigenvalue weighted by Crippen LogP contribution is -2.32. The van der Waals surface area contributed by atoms with Crippen LogP contribution in [0.2, 0.25) is 12.6 Å². The number of allylic oxidation sites excluding steroid dienone is 2. The van der Waals surface area contributed by atoms with Crippen molar-refractivity contribution in [2.24, 2.45) is 0 Å². The molecule has 1 aliphatic heterocycles. The van der Waals surface area contributed by atoms with Gasteiger partial charge in [-0.05, 0) is 80.5 Å². The van der Waals surface area contributed by atoms with Crippen LogP contribution < -0.4 is 0 Å². The molecule has 0 radical (unpaired) electrons. The van der Waals surface area contributed by atoms with E-state index in [9.17, 15) is 0 Å². The third-order valence-electron chi connectivity index (χ3n) is 8.73. The van der Waals surface area contributed by atoms with E-state index in [0.29, 0.717) is 0 Å². The largest absolute Gasteiger partial charge is 0.140 e. The van der Waals surface area contributed by atoms with Crippen LogP contribution in [0.25, 0.3) is 41.7 Å². The zero-order valence-electron chi connectivity index (χ0n) is 23.4. The molecule has 0 spiro atoms. The molecule has 4 aromatic carbocycles. The predicted molar refractivity (Wildman–Crippen MR) is 182 cm³/mol. The Kier molecular flexibility index (Phi) is 6.27. The Bertz CT molecular complexity index is 1810. The Morgan fingerprint density at radius 2 is 0.900 bits per heavy atom. The van der Waals surface area contributed by atoms with E-state index in [1.54, 1.807) is 10.4 Å². The summed E-state index contributed by atoms with van der Waals surface area (Å²) in [4.78, 5) is 2.86. The second-order valence-corrected chi connectivity index (χ2v) is 17.9. The zero-order valence-corrected chi connectivity index (χ0v) is 26.0. The minimum atomic E-state index is -2.24. The summed E-state index contributed by atoms with van der Waals surface area (Å²) in [6.45, 7) is 9.77. The van der Waals surface area contributed by atoms with E-state index in [1.807, 2.05) is 22.7 Å². The molecule has 0 bridgehead atoms. The molecule has 2 aromatic heterocycles. The van der Waals surface area contributed by atoms with Crippen LogP contribution in [-0.2, 0) is 0 Å². The fourth-order valence-corrected chi connectivity index (χ4v) is 13.5. The SMILES string of the molecule is CC[Si]1(C)C(c2c(C)sc3ccccc23)=C(c2ccccc2)C(c2ccccc2)=C1c1c(C)sc2ccccc12. The second kappa shape index (κ2) is 9.85. The van der Waals surface area contributed by atoms with Crippen molar-refractivity contribution in [3.05, 3.63) is 141 Å². The first-order valence-electron chi connectivity index (χ1n) is 14.1. The standard InChI is InChI=1S/C37H32S2Si/c1-5-40(4)36(32-24(2)38-30-22-14-12-20-28(30)32)34(26-16-8-6-9-17-26)35(27-18-10-7-11-19-27)37(40)33-25(3)39-31-23-15-13-21-29(31)33/h6-23H,5H2,1-4H3. The van der Waals surface area contributed by atoms with Crippen LogP contribution >= 0.6 is 22.7 Å². The third kappa shape index (κ3) is 3.76. The summed E-state index contributed by atoms with van der Waals surface area (Å²) in [7, 11) is -2.24. The van der Waals surface area contributed by atoms with Crippen LogP contribution in [0, 0.1) is 13.8 Å². The van der Waals surface area contributed by atoms with Gasteiger partial charge < -0.3 is 0 Å². The van der Waals surface area contributed by atoms with Gasteiger partial charge in [-0.25, -0.2) is 0 Å². The normalized spacial score (nSPS) is 15.1. The molecule has 3 heteroatoms. The molecule has 0 nitrogen and oxygen atoms in total. The van der Waals surface area contributed by atoms with Crippen molar-refractivity contribution in [1.82, 2.24) is 0 Å². The fourth-order valence-electron chi connectivity index (χ4n) is 6.83. The molecule has 196 valence electrons. The first-order valence-corrected chi connectivity index (χ1v) is 18.4. The van der Waals surface area contributed by atoms with Crippen LogP contribution in [-0.4, -0.2) is 8.07 Å². The van der Waals surface area contributed by atoms with Gasteiger partial charge in [0, 0.05) is 19.2 Å². The molecular weight excluding hydrogens is 537 g/mol. The van der Waals surface area contributed by atoms with Gasteiger partial charge in [0.15, 0.2) is 0 Å². The highest BCUT2D eigenvalue weighted by atomic mass is 32.1. The van der Waals surface area contributed by atoms with Crippen LogP contribution in [0.4, 0.5) is 0 Å². The molecule has 0 unspecified atom stereocenters. The van der Waals surface area contributed by atoms with Gasteiger partial charge in [-0.15, -0.1) is 22.7 Å². The van der Waals surface area contributed by atoms with Gasteiger partial charge in [-0.1, -0.05) is 117 Å². The van der Waals surface area contributed by atoms with Crippen molar-refractivity contribution in [1.29, 1.82) is 0 Å². The van der Waals surface area contributed by atoms with Crippen molar-refractivity contribution in [3.63, 3.8) is 0 Å². The molecule has 6 aromatic rings. The number of benzene rings is 4. The molecule has 0 fully saturated rings. The van der Waals surface area contributed by atoms with Crippen LogP contribution in [0.1, 0.15) is 38.9 Å². The van der Waals surface area contributed by atoms with E-state index in [1.165, 1.54) is 63.3 Å². The highest BCUT2D eigenvalue weighted by molar-refractivity contribution is 7.22. The van der Waals surface area contributed by atoms with Gasteiger partial charge in [0.1, 0.15) is 8.07 Å². The predicted octanol–water partition coefficient (Wildman–Crippen LogP) is 11.4. The minimum absolute atomic E-state index is 1.15. The summed E-state index contributed by atoms with van der Waals surface area (Å²) in [6, 6.07) is 41.6. The zero-order chi connectivity index (χ0) is 27.4. The maximum atomic E-state index is 2.65. The molecule has 0 aliphatic carbocycles. The van der Waals surface area contributed by atoms with Gasteiger partial charge in [0.25, 0.3) is 0 Å². The molecule has 1 aliphatic rings. The summed E-state index contributed by atoms with van der Waals surface area (Å²) < 4.78 is 2.77. The van der Waals surface area contributed by atoms with Crippen molar-refractivity contribution in [2.75, 3.05) is 0 Å². The van der Waals surface area contributed by atoms with Crippen LogP contribution in [0.3, 0.4) is 0 Å². The summed E-state index contributed by atoms with van der Waals surface area (Å²) in [5.74, 6) is 0. The van der Waals surface area contributed by atoms with Crippen molar-refractivity contribution in [2.45, 2.75) is 33.4 Å². The number of rotatable bonds is 5. The molecule has 0 saturated carbocycles. The highest BCUT2D eigenvalue weighted by Crippen LogP contribution is 2.60. The number of fused-ring (bicyclic) bond motifs is 2. The Morgan fingerprint density at radius 1 is 0.525 bits per heavy atom. The van der Waals surface area contributed by atoms with E-state index in [-0.39, 0.29) is 0 Å². The van der Waals surface area contributed by atoms with Crippen LogP contribution in [0.15, 0.2) is 109 Å². The highest BCUT2D eigenvalue weighted by Gasteiger charge is 2.48. The van der Waals surface area contributed by atoms with Gasteiger partial charge in [0.2, 0.25) is 0 Å². The Balaban J connectivity index is 1.70. The molecule has 7 rings (SSSR count). The summed E-state index contributed by atoms with van der Waals surface area (Å²) >= 11 is 3.89. The van der Waals surface area contributed by atoms with Gasteiger partial charge in [0.05, 0.1) is 0 Å². The molecular formula is C37H32S2Si. The lowest BCUT2D eigenvalue weighted by Gasteiger charge is -2.30. The smallest absolute Gasteiger partial charge is 0.118 e. The van der Waals surface area contributed by atoms with E-state index in [4.69, 9.17) is 0 Å². The lowest BCUT2D eigenvalue weighted by atomic mass is 9.88. The second-order valence-electron chi connectivity index (χ2n) is 11.0.